The topological polar surface area (TPSA) is 42.7 Å². The highest BCUT2D eigenvalue weighted by atomic mass is 15.3. The molecule has 15 heavy (non-hydrogen) atoms. The normalized spacial score (nSPS) is 17.4. The summed E-state index contributed by atoms with van der Waals surface area (Å²) < 4.78 is 2.29. The molecule has 1 aromatic rings. The molecule has 1 aliphatic carbocycles. The number of aryl methyl sites for hydroxylation is 1. The summed E-state index contributed by atoms with van der Waals surface area (Å²) in [5.41, 5.74) is 0. The molecule has 1 fully saturated rings. The van der Waals surface area contributed by atoms with E-state index in [1.807, 2.05) is 13.4 Å². The lowest BCUT2D eigenvalue weighted by atomic mass is 10.2. The number of hydrogen-bond donors (Lipinski definition) is 1. The van der Waals surface area contributed by atoms with Crippen molar-refractivity contribution in [2.45, 2.75) is 44.6 Å². The standard InChI is InChI=1S/C11H20N4/c1-12-8-4-7-11-14-13-9-15(11)10-5-2-3-6-10/h9-10,12H,2-8H2,1H3. The Morgan fingerprint density at radius 2 is 2.27 bits per heavy atom. The van der Waals surface area contributed by atoms with Gasteiger partial charge < -0.3 is 9.88 Å². The lowest BCUT2D eigenvalue weighted by Gasteiger charge is -2.13. The van der Waals surface area contributed by atoms with Crippen LogP contribution in [0.1, 0.15) is 44.0 Å². The van der Waals surface area contributed by atoms with Gasteiger partial charge in [-0.2, -0.15) is 0 Å². The first-order chi connectivity index (χ1) is 7.42. The Kier molecular flexibility index (Phi) is 3.72. The van der Waals surface area contributed by atoms with Gasteiger partial charge in [0.1, 0.15) is 12.2 Å². The zero-order valence-electron chi connectivity index (χ0n) is 9.45. The van der Waals surface area contributed by atoms with Crippen LogP contribution in [0.2, 0.25) is 0 Å². The van der Waals surface area contributed by atoms with Crippen LogP contribution in [0, 0.1) is 0 Å². The van der Waals surface area contributed by atoms with E-state index < -0.39 is 0 Å². The highest BCUT2D eigenvalue weighted by Crippen LogP contribution is 2.29. The molecule has 0 radical (unpaired) electrons. The average Bonchev–Trinajstić information content (AvgIpc) is 2.87. The molecule has 0 atom stereocenters. The summed E-state index contributed by atoms with van der Waals surface area (Å²) in [6.45, 7) is 1.05. The zero-order valence-corrected chi connectivity index (χ0v) is 9.45. The minimum absolute atomic E-state index is 0.671. The van der Waals surface area contributed by atoms with Crippen LogP contribution in [-0.4, -0.2) is 28.4 Å². The van der Waals surface area contributed by atoms with Crippen LogP contribution in [0.25, 0.3) is 0 Å². The summed E-state index contributed by atoms with van der Waals surface area (Å²) in [7, 11) is 1.99. The van der Waals surface area contributed by atoms with E-state index in [2.05, 4.69) is 20.1 Å². The second kappa shape index (κ2) is 5.26. The third-order valence-corrected chi connectivity index (χ3v) is 3.19. The van der Waals surface area contributed by atoms with E-state index in [1.165, 1.54) is 25.7 Å². The Morgan fingerprint density at radius 1 is 1.47 bits per heavy atom. The molecular formula is C11H20N4. The lowest BCUT2D eigenvalue weighted by Crippen LogP contribution is -2.12. The van der Waals surface area contributed by atoms with Crippen LogP contribution in [-0.2, 0) is 6.42 Å². The third-order valence-electron chi connectivity index (χ3n) is 3.19. The number of nitrogens with zero attached hydrogens (tertiary/aromatic N) is 3. The first-order valence-electron chi connectivity index (χ1n) is 5.95. The molecular weight excluding hydrogens is 188 g/mol. The first-order valence-corrected chi connectivity index (χ1v) is 5.95. The summed E-state index contributed by atoms with van der Waals surface area (Å²) in [4.78, 5) is 0. The molecule has 0 aromatic carbocycles. The Labute approximate surface area is 91.1 Å². The zero-order chi connectivity index (χ0) is 10.5. The van der Waals surface area contributed by atoms with Gasteiger partial charge in [0, 0.05) is 12.5 Å². The maximum Gasteiger partial charge on any atom is 0.133 e. The van der Waals surface area contributed by atoms with Crippen molar-refractivity contribution in [3.8, 4) is 0 Å². The molecule has 1 aliphatic rings. The SMILES string of the molecule is CNCCCc1nncn1C1CCCC1. The maximum absolute atomic E-state index is 4.22. The molecule has 1 aromatic heterocycles. The Bertz CT molecular complexity index is 289. The average molecular weight is 208 g/mol. The summed E-state index contributed by atoms with van der Waals surface area (Å²) >= 11 is 0. The van der Waals surface area contributed by atoms with Gasteiger partial charge in [0.15, 0.2) is 0 Å². The van der Waals surface area contributed by atoms with Crippen LogP contribution >= 0.6 is 0 Å². The van der Waals surface area contributed by atoms with Crippen LogP contribution in [0.5, 0.6) is 0 Å². The highest BCUT2D eigenvalue weighted by Gasteiger charge is 2.19. The predicted octanol–water partition coefficient (Wildman–Crippen LogP) is 1.55. The molecule has 84 valence electrons. The second-order valence-corrected chi connectivity index (χ2v) is 4.30. The van der Waals surface area contributed by atoms with Crippen LogP contribution in [0.4, 0.5) is 0 Å². The van der Waals surface area contributed by atoms with Crippen molar-refractivity contribution in [2.24, 2.45) is 0 Å². The second-order valence-electron chi connectivity index (χ2n) is 4.30. The molecule has 4 heteroatoms. The minimum Gasteiger partial charge on any atom is -0.320 e. The van der Waals surface area contributed by atoms with Crippen molar-refractivity contribution in [3.05, 3.63) is 12.2 Å². The molecule has 4 nitrogen and oxygen atoms in total. The molecule has 0 spiro atoms. The van der Waals surface area contributed by atoms with Crippen LogP contribution in [0.15, 0.2) is 6.33 Å². The van der Waals surface area contributed by atoms with Gasteiger partial charge in [0.05, 0.1) is 0 Å². The van der Waals surface area contributed by atoms with Crippen LogP contribution in [0.3, 0.4) is 0 Å². The van der Waals surface area contributed by atoms with Gasteiger partial charge in [-0.05, 0) is 32.9 Å². The van der Waals surface area contributed by atoms with E-state index in [0.717, 1.165) is 25.2 Å². The van der Waals surface area contributed by atoms with Gasteiger partial charge in [-0.3, -0.25) is 0 Å². The van der Waals surface area contributed by atoms with Crippen molar-refractivity contribution < 1.29 is 0 Å². The number of hydrogen-bond acceptors (Lipinski definition) is 3. The number of aromatic nitrogens is 3. The fourth-order valence-corrected chi connectivity index (χ4v) is 2.36. The van der Waals surface area contributed by atoms with Crippen molar-refractivity contribution >= 4 is 0 Å². The largest absolute Gasteiger partial charge is 0.320 e. The van der Waals surface area contributed by atoms with E-state index >= 15 is 0 Å². The van der Waals surface area contributed by atoms with Gasteiger partial charge >= 0.3 is 0 Å². The van der Waals surface area contributed by atoms with Gasteiger partial charge in [0.2, 0.25) is 0 Å². The van der Waals surface area contributed by atoms with Gasteiger partial charge in [0.25, 0.3) is 0 Å². The Morgan fingerprint density at radius 3 is 3.00 bits per heavy atom. The molecule has 2 rings (SSSR count). The Balaban J connectivity index is 1.95. The van der Waals surface area contributed by atoms with Gasteiger partial charge in [-0.15, -0.1) is 10.2 Å². The minimum atomic E-state index is 0.671. The van der Waals surface area contributed by atoms with Crippen LogP contribution < -0.4 is 5.32 Å². The molecule has 1 saturated carbocycles. The summed E-state index contributed by atoms with van der Waals surface area (Å²) in [6.07, 6.45) is 9.41. The van der Waals surface area contributed by atoms with Crippen molar-refractivity contribution in [1.29, 1.82) is 0 Å². The van der Waals surface area contributed by atoms with E-state index in [-0.39, 0.29) is 0 Å². The van der Waals surface area contributed by atoms with E-state index in [4.69, 9.17) is 0 Å². The molecule has 1 N–H and O–H groups in total. The van der Waals surface area contributed by atoms with E-state index in [9.17, 15) is 0 Å². The highest BCUT2D eigenvalue weighted by molar-refractivity contribution is 4.91. The van der Waals surface area contributed by atoms with Crippen molar-refractivity contribution in [2.75, 3.05) is 13.6 Å². The van der Waals surface area contributed by atoms with Crippen molar-refractivity contribution in [3.63, 3.8) is 0 Å². The predicted molar refractivity (Wildman–Crippen MR) is 59.8 cm³/mol. The van der Waals surface area contributed by atoms with Gasteiger partial charge in [-0.1, -0.05) is 12.8 Å². The molecule has 0 unspecified atom stereocenters. The summed E-state index contributed by atoms with van der Waals surface area (Å²) in [6, 6.07) is 0.671. The lowest BCUT2D eigenvalue weighted by molar-refractivity contribution is 0.492. The molecule has 0 aliphatic heterocycles. The quantitative estimate of drug-likeness (QED) is 0.746. The van der Waals surface area contributed by atoms with Gasteiger partial charge in [-0.25, -0.2) is 0 Å². The monoisotopic (exact) mass is 208 g/mol. The smallest absolute Gasteiger partial charge is 0.133 e. The molecule has 0 amide bonds. The molecule has 1 heterocycles. The van der Waals surface area contributed by atoms with E-state index in [0.29, 0.717) is 6.04 Å². The fourth-order valence-electron chi connectivity index (χ4n) is 2.36. The number of nitrogens with one attached hydrogen (secondary N) is 1. The maximum atomic E-state index is 4.22. The molecule has 0 bridgehead atoms. The third kappa shape index (κ3) is 2.56. The Hall–Kier alpha value is -0.900. The summed E-state index contributed by atoms with van der Waals surface area (Å²) in [5.74, 6) is 1.16. The summed E-state index contributed by atoms with van der Waals surface area (Å²) in [5, 5.41) is 11.4. The number of rotatable bonds is 5. The van der Waals surface area contributed by atoms with Crippen molar-refractivity contribution in [1.82, 2.24) is 20.1 Å². The molecule has 0 saturated heterocycles. The fraction of sp³-hybridized carbons (Fsp3) is 0.818. The van der Waals surface area contributed by atoms with E-state index in [1.54, 1.807) is 0 Å². The first kappa shape index (κ1) is 10.6.